The minimum absolute atomic E-state index is 0.286. The molecule has 3 aromatic rings. The van der Waals surface area contributed by atoms with Gasteiger partial charge in [0.2, 0.25) is 0 Å². The van der Waals surface area contributed by atoms with E-state index in [1.807, 2.05) is 25.1 Å². The van der Waals surface area contributed by atoms with Gasteiger partial charge in [0, 0.05) is 11.6 Å². The summed E-state index contributed by atoms with van der Waals surface area (Å²) in [5.74, 6) is 0. The summed E-state index contributed by atoms with van der Waals surface area (Å²) in [5, 5.41) is 19.2. The number of nitrogens with zero attached hydrogens (tertiary/aromatic N) is 3. The molecule has 1 atom stereocenters. The average Bonchev–Trinajstić information content (AvgIpc) is 3.14. The number of nitriles is 2. The molecule has 2 N–H and O–H groups in total. The Labute approximate surface area is 139 Å². The highest BCUT2D eigenvalue weighted by atomic mass is 32.2. The number of H-pyrrole nitrogens is 1. The van der Waals surface area contributed by atoms with Crippen molar-refractivity contribution in [2.75, 3.05) is 4.72 Å². The van der Waals surface area contributed by atoms with E-state index in [1.54, 1.807) is 13.1 Å². The van der Waals surface area contributed by atoms with Crippen LogP contribution in [-0.2, 0) is 11.0 Å². The number of anilines is 1. The smallest absolute Gasteiger partial charge is 0.195 e. The lowest BCUT2D eigenvalue weighted by atomic mass is 10.1. The van der Waals surface area contributed by atoms with Crippen molar-refractivity contribution in [1.82, 2.24) is 9.97 Å². The minimum Gasteiger partial charge on any atom is -0.358 e. The van der Waals surface area contributed by atoms with Gasteiger partial charge in [0.25, 0.3) is 0 Å². The van der Waals surface area contributed by atoms with E-state index in [9.17, 15) is 9.47 Å². The molecule has 8 heteroatoms. The van der Waals surface area contributed by atoms with E-state index in [2.05, 4.69) is 20.8 Å². The van der Waals surface area contributed by atoms with Crippen molar-refractivity contribution in [1.29, 1.82) is 10.5 Å². The Bertz CT molecular complexity index is 1020. The van der Waals surface area contributed by atoms with E-state index >= 15 is 0 Å². The third kappa shape index (κ3) is 2.59. The fourth-order valence-electron chi connectivity index (χ4n) is 2.34. The van der Waals surface area contributed by atoms with Crippen molar-refractivity contribution >= 4 is 38.9 Å². The largest absolute Gasteiger partial charge is 0.358 e. The van der Waals surface area contributed by atoms with Gasteiger partial charge in [-0.2, -0.15) is 10.5 Å². The van der Waals surface area contributed by atoms with Crippen LogP contribution in [0.1, 0.15) is 21.8 Å². The van der Waals surface area contributed by atoms with Gasteiger partial charge in [-0.05, 0) is 25.5 Å². The van der Waals surface area contributed by atoms with Crippen molar-refractivity contribution in [3.8, 4) is 12.1 Å². The van der Waals surface area contributed by atoms with Gasteiger partial charge in [0.15, 0.2) is 16.0 Å². The van der Waals surface area contributed by atoms with E-state index in [0.717, 1.165) is 27.8 Å². The van der Waals surface area contributed by atoms with E-state index in [-0.39, 0.29) is 5.01 Å². The lowest BCUT2D eigenvalue weighted by molar-refractivity contribution is 0.687. The number of benzene rings is 1. The molecule has 0 aliphatic rings. The number of hydrogen-bond donors (Lipinski definition) is 2. The molecule has 0 aliphatic carbocycles. The van der Waals surface area contributed by atoms with Crippen LogP contribution in [0.2, 0.25) is 0 Å². The Hall–Kier alpha value is -2.68. The van der Waals surface area contributed by atoms with Gasteiger partial charge < -0.3 is 4.98 Å². The van der Waals surface area contributed by atoms with Gasteiger partial charge >= 0.3 is 0 Å². The van der Waals surface area contributed by atoms with Crippen LogP contribution < -0.4 is 4.72 Å². The lowest BCUT2D eigenvalue weighted by Crippen LogP contribution is -2.05. The first-order valence-electron chi connectivity index (χ1n) is 6.62. The highest BCUT2D eigenvalue weighted by Crippen LogP contribution is 2.30. The first-order valence-corrected chi connectivity index (χ1v) is 8.58. The van der Waals surface area contributed by atoms with Crippen LogP contribution in [0.25, 0.3) is 10.9 Å². The van der Waals surface area contributed by atoms with Crippen molar-refractivity contribution in [2.45, 2.75) is 18.1 Å². The molecule has 23 heavy (non-hydrogen) atoms. The number of thiazole rings is 1. The average molecular weight is 341 g/mol. The summed E-state index contributed by atoms with van der Waals surface area (Å²) < 4.78 is 16.0. The molecule has 0 aliphatic heterocycles. The Morgan fingerprint density at radius 3 is 2.74 bits per heavy atom. The number of fused-ring (bicyclic) bond motifs is 1. The third-order valence-corrected chi connectivity index (χ3v) is 5.98. The van der Waals surface area contributed by atoms with E-state index in [1.165, 1.54) is 0 Å². The SMILES string of the molecule is Cc1nc(C#N)sc1S(=O)Nc1ccc(C)c2c(C#N)c[nH]c12. The maximum Gasteiger partial charge on any atom is 0.195 e. The summed E-state index contributed by atoms with van der Waals surface area (Å²) in [6.07, 6.45) is 1.64. The molecule has 0 fully saturated rings. The summed E-state index contributed by atoms with van der Waals surface area (Å²) in [5.41, 5.74) is 3.46. The van der Waals surface area contributed by atoms with Gasteiger partial charge in [0.05, 0.1) is 22.5 Å². The Kier molecular flexibility index (Phi) is 3.87. The van der Waals surface area contributed by atoms with Crippen molar-refractivity contribution in [3.63, 3.8) is 0 Å². The van der Waals surface area contributed by atoms with Crippen LogP contribution >= 0.6 is 11.3 Å². The van der Waals surface area contributed by atoms with Crippen molar-refractivity contribution < 1.29 is 4.21 Å². The zero-order chi connectivity index (χ0) is 16.6. The van der Waals surface area contributed by atoms with Crippen molar-refractivity contribution in [2.24, 2.45) is 0 Å². The molecule has 0 bridgehead atoms. The molecular formula is C15H11N5OS2. The highest BCUT2D eigenvalue weighted by molar-refractivity contribution is 7.88. The second-order valence-electron chi connectivity index (χ2n) is 4.87. The molecule has 3 rings (SSSR count). The monoisotopic (exact) mass is 341 g/mol. The summed E-state index contributed by atoms with van der Waals surface area (Å²) in [4.78, 5) is 7.11. The van der Waals surface area contributed by atoms with Crippen LogP contribution in [0.3, 0.4) is 0 Å². The molecule has 2 heterocycles. The van der Waals surface area contributed by atoms with Gasteiger partial charge in [-0.25, -0.2) is 9.19 Å². The van der Waals surface area contributed by atoms with Gasteiger partial charge in [-0.3, -0.25) is 4.72 Å². The Balaban J connectivity index is 2.02. The standard InChI is InChI=1S/C15H11N5OS2/c1-8-3-4-11(14-13(8)10(5-16)7-18-14)20-23(21)15-9(2)19-12(6-17)22-15/h3-4,7,18,20H,1-2H3. The number of aromatic nitrogens is 2. The summed E-state index contributed by atoms with van der Waals surface area (Å²) in [7, 11) is -1.53. The van der Waals surface area contributed by atoms with E-state index in [0.29, 0.717) is 21.2 Å². The Morgan fingerprint density at radius 2 is 2.09 bits per heavy atom. The molecule has 1 unspecified atom stereocenters. The third-order valence-electron chi connectivity index (χ3n) is 3.39. The summed E-state index contributed by atoms with van der Waals surface area (Å²) in [6.45, 7) is 3.64. The summed E-state index contributed by atoms with van der Waals surface area (Å²) in [6, 6.07) is 7.79. The maximum absolute atomic E-state index is 12.6. The topological polar surface area (TPSA) is 105 Å². The number of aromatic amines is 1. The van der Waals surface area contributed by atoms with Crippen LogP contribution in [0.5, 0.6) is 0 Å². The number of rotatable bonds is 3. The fraction of sp³-hybridized carbons (Fsp3) is 0.133. The molecule has 0 amide bonds. The molecular weight excluding hydrogens is 330 g/mol. The molecule has 0 radical (unpaired) electrons. The molecule has 0 saturated carbocycles. The second-order valence-corrected chi connectivity index (χ2v) is 7.28. The van der Waals surface area contributed by atoms with Crippen LogP contribution in [-0.4, -0.2) is 14.2 Å². The molecule has 1 aromatic carbocycles. The van der Waals surface area contributed by atoms with Gasteiger partial charge in [-0.1, -0.05) is 17.4 Å². The molecule has 2 aromatic heterocycles. The first-order chi connectivity index (χ1) is 11.0. The quantitative estimate of drug-likeness (QED) is 0.763. The predicted molar refractivity (Wildman–Crippen MR) is 89.3 cm³/mol. The molecule has 0 spiro atoms. The number of aryl methyl sites for hydroxylation is 2. The number of nitrogens with one attached hydrogen (secondary N) is 2. The Morgan fingerprint density at radius 1 is 1.30 bits per heavy atom. The zero-order valence-corrected chi connectivity index (χ0v) is 13.9. The van der Waals surface area contributed by atoms with Gasteiger partial charge in [0.1, 0.15) is 16.3 Å². The second kappa shape index (κ2) is 5.84. The van der Waals surface area contributed by atoms with Crippen LogP contribution in [0.15, 0.2) is 22.5 Å². The molecule has 6 nitrogen and oxygen atoms in total. The lowest BCUT2D eigenvalue weighted by Gasteiger charge is -2.08. The number of hydrogen-bond acceptors (Lipinski definition) is 5. The van der Waals surface area contributed by atoms with Crippen molar-refractivity contribution in [3.05, 3.63) is 40.2 Å². The normalized spacial score (nSPS) is 11.8. The van der Waals surface area contributed by atoms with Crippen LogP contribution in [0.4, 0.5) is 5.69 Å². The van der Waals surface area contributed by atoms with Crippen LogP contribution in [0, 0.1) is 36.5 Å². The summed E-state index contributed by atoms with van der Waals surface area (Å²) >= 11 is 1.11. The maximum atomic E-state index is 12.6. The van der Waals surface area contributed by atoms with E-state index < -0.39 is 11.0 Å². The minimum atomic E-state index is -1.53. The fourth-order valence-corrected chi connectivity index (χ4v) is 4.38. The van der Waals surface area contributed by atoms with E-state index in [4.69, 9.17) is 5.26 Å². The first kappa shape index (κ1) is 15.2. The molecule has 0 saturated heterocycles. The zero-order valence-electron chi connectivity index (χ0n) is 12.3. The highest BCUT2D eigenvalue weighted by Gasteiger charge is 2.16. The predicted octanol–water partition coefficient (Wildman–Crippen LogP) is 3.12. The molecule has 114 valence electrons. The van der Waals surface area contributed by atoms with Gasteiger partial charge in [-0.15, -0.1) is 0 Å².